The van der Waals surface area contributed by atoms with Crippen LogP contribution in [0.3, 0.4) is 0 Å². The van der Waals surface area contributed by atoms with Gasteiger partial charge in [0, 0.05) is 43.8 Å². The van der Waals surface area contributed by atoms with Crippen molar-refractivity contribution in [1.29, 1.82) is 0 Å². The molecule has 2 aliphatic rings. The van der Waals surface area contributed by atoms with Gasteiger partial charge in [-0.15, -0.1) is 0 Å². The molecule has 1 amide bonds. The van der Waals surface area contributed by atoms with Crippen molar-refractivity contribution in [2.24, 2.45) is 12.5 Å². The molecule has 2 aromatic rings. The predicted octanol–water partition coefficient (Wildman–Crippen LogP) is 1.38. The highest BCUT2D eigenvalue weighted by Gasteiger charge is 2.48. The van der Waals surface area contributed by atoms with Crippen LogP contribution in [-0.2, 0) is 13.6 Å². The zero-order chi connectivity index (χ0) is 17.3. The number of aromatic nitrogens is 4. The molecule has 2 aromatic heterocycles. The fourth-order valence-corrected chi connectivity index (χ4v) is 4.14. The number of hydrogen-bond acceptors (Lipinski definition) is 5. The van der Waals surface area contributed by atoms with Crippen molar-refractivity contribution < 1.29 is 4.79 Å². The Bertz CT molecular complexity index is 735. The predicted molar refractivity (Wildman–Crippen MR) is 92.7 cm³/mol. The summed E-state index contributed by atoms with van der Waals surface area (Å²) in [5.74, 6) is -0.102. The Morgan fingerprint density at radius 1 is 1.28 bits per heavy atom. The van der Waals surface area contributed by atoms with Crippen LogP contribution in [0.1, 0.15) is 41.7 Å². The Balaban J connectivity index is 1.32. The van der Waals surface area contributed by atoms with Gasteiger partial charge in [-0.3, -0.25) is 19.4 Å². The quantitative estimate of drug-likeness (QED) is 0.910. The van der Waals surface area contributed by atoms with E-state index < -0.39 is 0 Å². The molecule has 25 heavy (non-hydrogen) atoms. The molecule has 1 saturated carbocycles. The van der Waals surface area contributed by atoms with E-state index in [-0.39, 0.29) is 17.4 Å². The molecule has 7 nitrogen and oxygen atoms in total. The van der Waals surface area contributed by atoms with Crippen molar-refractivity contribution in [2.75, 3.05) is 13.1 Å². The maximum absolute atomic E-state index is 12.3. The van der Waals surface area contributed by atoms with Crippen LogP contribution in [0.15, 0.2) is 31.0 Å². The molecule has 7 heteroatoms. The number of hydrogen-bond donors (Lipinski definition) is 1. The van der Waals surface area contributed by atoms with Gasteiger partial charge in [-0.05, 0) is 44.2 Å². The summed E-state index contributed by atoms with van der Waals surface area (Å²) in [5.41, 5.74) is 1.93. The summed E-state index contributed by atoms with van der Waals surface area (Å²) in [6.45, 7) is 3.11. The van der Waals surface area contributed by atoms with Gasteiger partial charge in [0.1, 0.15) is 5.69 Å². The Kier molecular flexibility index (Phi) is 4.25. The topological polar surface area (TPSA) is 75.9 Å². The third kappa shape index (κ3) is 3.28. The summed E-state index contributed by atoms with van der Waals surface area (Å²) in [6.07, 6.45) is 13.2. The second-order valence-electron chi connectivity index (χ2n) is 7.32. The first-order valence-corrected chi connectivity index (χ1v) is 8.91. The van der Waals surface area contributed by atoms with Gasteiger partial charge in [-0.1, -0.05) is 0 Å². The Labute approximate surface area is 147 Å². The average Bonchev–Trinajstić information content (AvgIpc) is 3.05. The minimum atomic E-state index is -0.102. The second kappa shape index (κ2) is 6.55. The van der Waals surface area contributed by atoms with E-state index in [9.17, 15) is 4.79 Å². The summed E-state index contributed by atoms with van der Waals surface area (Å²) in [5, 5.41) is 7.43. The second-order valence-corrected chi connectivity index (χ2v) is 7.32. The van der Waals surface area contributed by atoms with Crippen LogP contribution >= 0.6 is 0 Å². The van der Waals surface area contributed by atoms with Gasteiger partial charge in [-0.25, -0.2) is 4.98 Å². The van der Waals surface area contributed by atoms with Gasteiger partial charge in [0.25, 0.3) is 5.91 Å². The van der Waals surface area contributed by atoms with Crippen molar-refractivity contribution >= 4 is 5.91 Å². The molecule has 2 fully saturated rings. The lowest BCUT2D eigenvalue weighted by molar-refractivity contribution is -0.00719. The van der Waals surface area contributed by atoms with Crippen LogP contribution in [0.2, 0.25) is 0 Å². The smallest absolute Gasteiger partial charge is 0.271 e. The van der Waals surface area contributed by atoms with Crippen molar-refractivity contribution in [3.05, 3.63) is 42.2 Å². The summed E-state index contributed by atoms with van der Waals surface area (Å²) < 4.78 is 1.85. The van der Waals surface area contributed by atoms with Crippen LogP contribution in [0.5, 0.6) is 0 Å². The average molecular weight is 340 g/mol. The third-order valence-corrected chi connectivity index (χ3v) is 5.79. The number of nitrogens with zero attached hydrogens (tertiary/aromatic N) is 5. The Morgan fingerprint density at radius 3 is 2.72 bits per heavy atom. The lowest BCUT2D eigenvalue weighted by atomic mass is 9.59. The number of amides is 1. The van der Waals surface area contributed by atoms with E-state index in [1.54, 1.807) is 12.4 Å². The molecule has 3 heterocycles. The number of piperidine rings is 1. The highest BCUT2D eigenvalue weighted by atomic mass is 16.2. The lowest BCUT2D eigenvalue weighted by Crippen LogP contribution is -2.59. The summed E-state index contributed by atoms with van der Waals surface area (Å²) in [4.78, 5) is 22.9. The molecule has 1 saturated heterocycles. The first-order chi connectivity index (χ1) is 12.1. The zero-order valence-electron chi connectivity index (χ0n) is 14.6. The first kappa shape index (κ1) is 16.2. The molecule has 1 aliphatic heterocycles. The van der Waals surface area contributed by atoms with Gasteiger partial charge in [0.05, 0.1) is 12.4 Å². The number of carbonyl (C=O) groups is 1. The van der Waals surface area contributed by atoms with E-state index >= 15 is 0 Å². The Morgan fingerprint density at radius 2 is 2.12 bits per heavy atom. The number of aryl methyl sites for hydroxylation is 1. The first-order valence-electron chi connectivity index (χ1n) is 8.91. The largest absolute Gasteiger partial charge is 0.347 e. The molecule has 0 bridgehead atoms. The molecule has 1 N–H and O–H groups in total. The van der Waals surface area contributed by atoms with E-state index in [0.29, 0.717) is 5.69 Å². The van der Waals surface area contributed by atoms with Crippen LogP contribution < -0.4 is 5.32 Å². The van der Waals surface area contributed by atoms with E-state index in [1.807, 2.05) is 17.9 Å². The van der Waals surface area contributed by atoms with Crippen molar-refractivity contribution in [3.63, 3.8) is 0 Å². The maximum Gasteiger partial charge on any atom is 0.271 e. The SMILES string of the molecule is Cn1cc(CN2CCC3(CC[C@H]3NC(=O)c3cnccn3)CC2)cn1. The zero-order valence-corrected chi connectivity index (χ0v) is 14.6. The maximum atomic E-state index is 12.3. The van der Waals surface area contributed by atoms with Gasteiger partial charge in [0.2, 0.25) is 0 Å². The molecular formula is C18H24N6O. The molecule has 1 atom stereocenters. The van der Waals surface area contributed by atoms with Crippen LogP contribution in [0.4, 0.5) is 0 Å². The molecule has 0 radical (unpaired) electrons. The summed E-state index contributed by atoms with van der Waals surface area (Å²) >= 11 is 0. The molecule has 1 spiro atoms. The Hall–Kier alpha value is -2.28. The van der Waals surface area contributed by atoms with Crippen LogP contribution in [0, 0.1) is 5.41 Å². The van der Waals surface area contributed by atoms with Crippen molar-refractivity contribution in [2.45, 2.75) is 38.3 Å². The number of rotatable bonds is 4. The minimum absolute atomic E-state index is 0.102. The summed E-state index contributed by atoms with van der Waals surface area (Å²) in [7, 11) is 1.95. The van der Waals surface area contributed by atoms with Crippen LogP contribution in [-0.4, -0.2) is 49.7 Å². The van der Waals surface area contributed by atoms with E-state index in [2.05, 4.69) is 31.5 Å². The highest BCUT2D eigenvalue weighted by molar-refractivity contribution is 5.92. The molecule has 0 aromatic carbocycles. The molecule has 1 aliphatic carbocycles. The van der Waals surface area contributed by atoms with E-state index in [1.165, 1.54) is 18.2 Å². The summed E-state index contributed by atoms with van der Waals surface area (Å²) in [6, 6.07) is 0.266. The standard InChI is InChI=1S/C18H24N6O/c1-23-12-14(10-21-23)13-24-8-4-18(5-9-24)3-2-16(18)22-17(25)15-11-19-6-7-20-15/h6-7,10-12,16H,2-5,8-9,13H2,1H3,(H,22,25)/t16-/m1/s1. The lowest BCUT2D eigenvalue weighted by Gasteiger charge is -2.54. The monoisotopic (exact) mass is 340 g/mol. The van der Waals surface area contributed by atoms with Gasteiger partial charge >= 0.3 is 0 Å². The van der Waals surface area contributed by atoms with E-state index in [4.69, 9.17) is 0 Å². The fourth-order valence-electron chi connectivity index (χ4n) is 4.14. The molecular weight excluding hydrogens is 316 g/mol. The number of nitrogens with one attached hydrogen (secondary N) is 1. The molecule has 132 valence electrons. The number of carbonyl (C=O) groups excluding carboxylic acids is 1. The molecule has 4 rings (SSSR count). The highest BCUT2D eigenvalue weighted by Crippen LogP contribution is 2.49. The van der Waals surface area contributed by atoms with Crippen molar-refractivity contribution in [3.8, 4) is 0 Å². The normalized spacial score (nSPS) is 22.5. The van der Waals surface area contributed by atoms with Gasteiger partial charge in [-0.2, -0.15) is 5.10 Å². The minimum Gasteiger partial charge on any atom is -0.347 e. The molecule has 0 unspecified atom stereocenters. The van der Waals surface area contributed by atoms with Gasteiger partial charge < -0.3 is 5.32 Å². The third-order valence-electron chi connectivity index (χ3n) is 5.79. The fraction of sp³-hybridized carbons (Fsp3) is 0.556. The van der Waals surface area contributed by atoms with Crippen molar-refractivity contribution in [1.82, 2.24) is 30.0 Å². The van der Waals surface area contributed by atoms with Gasteiger partial charge in [0.15, 0.2) is 0 Å². The van der Waals surface area contributed by atoms with Crippen LogP contribution in [0.25, 0.3) is 0 Å². The van der Waals surface area contributed by atoms with E-state index in [0.717, 1.165) is 38.9 Å². The number of likely N-dealkylation sites (tertiary alicyclic amines) is 1.